The summed E-state index contributed by atoms with van der Waals surface area (Å²) in [4.78, 5) is 11.9. The van der Waals surface area contributed by atoms with E-state index in [4.69, 9.17) is 11.2 Å². The monoisotopic (exact) mass is 264 g/mol. The van der Waals surface area contributed by atoms with E-state index in [9.17, 15) is 4.79 Å². The van der Waals surface area contributed by atoms with E-state index >= 15 is 0 Å². The molecule has 0 N–H and O–H groups in total. The fourth-order valence-electron chi connectivity index (χ4n) is 2.95. The number of carbonyl (C=O) groups excluding carboxylic acids is 1. The normalized spacial score (nSPS) is 20.6. The minimum Gasteiger partial charge on any atom is -0.465 e. The van der Waals surface area contributed by atoms with E-state index in [1.165, 1.54) is 32.1 Å². The van der Waals surface area contributed by atoms with Gasteiger partial charge in [-0.25, -0.2) is 0 Å². The molecule has 108 valence electrons. The van der Waals surface area contributed by atoms with Crippen LogP contribution in [0.15, 0.2) is 0 Å². The van der Waals surface area contributed by atoms with Gasteiger partial charge in [0.15, 0.2) is 0 Å². The maximum Gasteiger partial charge on any atom is 0.309 e. The number of esters is 1. The van der Waals surface area contributed by atoms with Crippen LogP contribution in [0.25, 0.3) is 0 Å². The Kier molecular flexibility index (Phi) is 8.38. The van der Waals surface area contributed by atoms with Gasteiger partial charge in [-0.15, -0.1) is 12.3 Å². The molecule has 1 rings (SSSR count). The van der Waals surface area contributed by atoms with E-state index in [1.54, 1.807) is 0 Å². The van der Waals surface area contributed by atoms with Crippen molar-refractivity contribution in [1.29, 1.82) is 0 Å². The standard InChI is InChI=1S/C17H28O2/c1-3-5-7-8-9-12-15(11-6-4-2)16-13-10-14-19-17(16)18/h1,15-16H,4-14H2,2H3. The summed E-state index contributed by atoms with van der Waals surface area (Å²) in [6, 6.07) is 0. The molecule has 0 aromatic heterocycles. The van der Waals surface area contributed by atoms with Gasteiger partial charge in [-0.05, 0) is 38.0 Å². The Bertz CT molecular complexity index is 290. The van der Waals surface area contributed by atoms with Gasteiger partial charge < -0.3 is 4.74 Å². The predicted octanol–water partition coefficient (Wildman–Crippen LogP) is 4.33. The molecule has 0 aliphatic carbocycles. The van der Waals surface area contributed by atoms with Gasteiger partial charge >= 0.3 is 5.97 Å². The molecule has 0 radical (unpaired) electrons. The molecule has 0 aromatic carbocycles. The quantitative estimate of drug-likeness (QED) is 0.352. The van der Waals surface area contributed by atoms with Gasteiger partial charge in [-0.3, -0.25) is 4.79 Å². The van der Waals surface area contributed by atoms with Crippen molar-refractivity contribution in [3.05, 3.63) is 0 Å². The molecule has 2 nitrogen and oxygen atoms in total. The van der Waals surface area contributed by atoms with Gasteiger partial charge in [0, 0.05) is 6.42 Å². The van der Waals surface area contributed by atoms with Crippen molar-refractivity contribution in [2.75, 3.05) is 6.61 Å². The van der Waals surface area contributed by atoms with Gasteiger partial charge in [0.1, 0.15) is 0 Å². The highest BCUT2D eigenvalue weighted by Gasteiger charge is 2.31. The van der Waals surface area contributed by atoms with Gasteiger partial charge in [-0.1, -0.05) is 32.6 Å². The Labute approximate surface area is 118 Å². The second-order valence-corrected chi connectivity index (χ2v) is 5.62. The lowest BCUT2D eigenvalue weighted by Crippen LogP contribution is -2.30. The Hall–Kier alpha value is -0.970. The van der Waals surface area contributed by atoms with Crippen LogP contribution in [0.5, 0.6) is 0 Å². The number of rotatable bonds is 9. The first-order valence-electron chi connectivity index (χ1n) is 7.89. The summed E-state index contributed by atoms with van der Waals surface area (Å²) in [6.45, 7) is 2.83. The molecular weight excluding hydrogens is 236 g/mol. The van der Waals surface area contributed by atoms with Crippen molar-refractivity contribution >= 4 is 5.97 Å². The Morgan fingerprint density at radius 3 is 2.79 bits per heavy atom. The predicted molar refractivity (Wildman–Crippen MR) is 78.6 cm³/mol. The molecule has 1 heterocycles. The van der Waals surface area contributed by atoms with E-state index in [1.807, 2.05) is 0 Å². The second kappa shape index (κ2) is 9.89. The van der Waals surface area contributed by atoms with Crippen LogP contribution in [0.1, 0.15) is 71.1 Å². The average Bonchev–Trinajstić information content (AvgIpc) is 2.43. The third kappa shape index (κ3) is 6.14. The third-order valence-corrected chi connectivity index (χ3v) is 4.10. The molecule has 1 aliphatic rings. The zero-order valence-electron chi connectivity index (χ0n) is 12.3. The van der Waals surface area contributed by atoms with E-state index in [-0.39, 0.29) is 11.9 Å². The van der Waals surface area contributed by atoms with Crippen LogP contribution in [0.2, 0.25) is 0 Å². The van der Waals surface area contributed by atoms with Crippen molar-refractivity contribution in [2.24, 2.45) is 11.8 Å². The first kappa shape index (κ1) is 16.1. The van der Waals surface area contributed by atoms with Crippen LogP contribution in [0, 0.1) is 24.2 Å². The summed E-state index contributed by atoms with van der Waals surface area (Å²) in [5.41, 5.74) is 0. The summed E-state index contributed by atoms with van der Waals surface area (Å²) in [5, 5.41) is 0. The zero-order valence-corrected chi connectivity index (χ0v) is 12.3. The largest absolute Gasteiger partial charge is 0.465 e. The van der Waals surface area contributed by atoms with Gasteiger partial charge in [0.05, 0.1) is 12.5 Å². The molecule has 2 unspecified atom stereocenters. The van der Waals surface area contributed by atoms with Crippen LogP contribution < -0.4 is 0 Å². The number of hydrogen-bond acceptors (Lipinski definition) is 2. The van der Waals surface area contributed by atoms with Crippen molar-refractivity contribution in [1.82, 2.24) is 0 Å². The Morgan fingerprint density at radius 2 is 2.11 bits per heavy atom. The first-order valence-corrected chi connectivity index (χ1v) is 7.89. The van der Waals surface area contributed by atoms with Crippen LogP contribution in [-0.4, -0.2) is 12.6 Å². The first-order chi connectivity index (χ1) is 9.29. The maximum atomic E-state index is 11.9. The highest BCUT2D eigenvalue weighted by molar-refractivity contribution is 5.73. The van der Waals surface area contributed by atoms with Crippen molar-refractivity contribution < 1.29 is 9.53 Å². The fourth-order valence-corrected chi connectivity index (χ4v) is 2.95. The van der Waals surface area contributed by atoms with E-state index in [0.717, 1.165) is 32.1 Å². The van der Waals surface area contributed by atoms with E-state index in [2.05, 4.69) is 12.8 Å². The summed E-state index contributed by atoms with van der Waals surface area (Å²) in [6.07, 6.45) is 16.5. The van der Waals surface area contributed by atoms with Crippen LogP contribution in [0.3, 0.4) is 0 Å². The SMILES string of the molecule is C#CCCCCCC(CCCC)C1CCCOC1=O. The highest BCUT2D eigenvalue weighted by atomic mass is 16.5. The Balaban J connectivity index is 2.37. The van der Waals surface area contributed by atoms with Crippen LogP contribution in [-0.2, 0) is 9.53 Å². The number of ether oxygens (including phenoxy) is 1. The lowest BCUT2D eigenvalue weighted by Gasteiger charge is -2.29. The molecule has 1 aliphatic heterocycles. The van der Waals surface area contributed by atoms with Gasteiger partial charge in [0.2, 0.25) is 0 Å². The van der Waals surface area contributed by atoms with E-state index < -0.39 is 0 Å². The topological polar surface area (TPSA) is 26.3 Å². The van der Waals surface area contributed by atoms with Gasteiger partial charge in [-0.2, -0.15) is 0 Å². The maximum absolute atomic E-state index is 11.9. The molecule has 0 aromatic rings. The third-order valence-electron chi connectivity index (χ3n) is 4.10. The molecule has 2 atom stereocenters. The summed E-state index contributed by atoms with van der Waals surface area (Å²) in [5.74, 6) is 3.42. The number of cyclic esters (lactones) is 1. The fraction of sp³-hybridized carbons (Fsp3) is 0.824. The van der Waals surface area contributed by atoms with Crippen LogP contribution in [0.4, 0.5) is 0 Å². The molecule has 0 bridgehead atoms. The van der Waals surface area contributed by atoms with Crippen molar-refractivity contribution in [2.45, 2.75) is 71.1 Å². The number of unbranched alkanes of at least 4 members (excludes halogenated alkanes) is 4. The Morgan fingerprint density at radius 1 is 1.32 bits per heavy atom. The molecule has 0 saturated carbocycles. The number of terminal acetylenes is 1. The molecule has 1 saturated heterocycles. The highest BCUT2D eigenvalue weighted by Crippen LogP contribution is 2.31. The van der Waals surface area contributed by atoms with E-state index in [0.29, 0.717) is 12.5 Å². The van der Waals surface area contributed by atoms with Crippen LogP contribution >= 0.6 is 0 Å². The lowest BCUT2D eigenvalue weighted by atomic mass is 9.80. The zero-order chi connectivity index (χ0) is 13.9. The van der Waals surface area contributed by atoms with Crippen molar-refractivity contribution in [3.8, 4) is 12.3 Å². The molecule has 0 spiro atoms. The lowest BCUT2D eigenvalue weighted by molar-refractivity contribution is -0.155. The second-order valence-electron chi connectivity index (χ2n) is 5.62. The molecule has 2 heteroatoms. The summed E-state index contributed by atoms with van der Waals surface area (Å²) >= 11 is 0. The molecule has 1 fully saturated rings. The number of carbonyl (C=O) groups is 1. The number of hydrogen-bond donors (Lipinski definition) is 0. The van der Waals surface area contributed by atoms with Crippen molar-refractivity contribution in [3.63, 3.8) is 0 Å². The molecule has 19 heavy (non-hydrogen) atoms. The summed E-state index contributed by atoms with van der Waals surface area (Å²) in [7, 11) is 0. The minimum absolute atomic E-state index is 0.0518. The molecule has 0 amide bonds. The summed E-state index contributed by atoms with van der Waals surface area (Å²) < 4.78 is 5.23. The molecular formula is C17H28O2. The average molecular weight is 264 g/mol. The smallest absolute Gasteiger partial charge is 0.309 e. The minimum atomic E-state index is 0.0518. The van der Waals surface area contributed by atoms with Gasteiger partial charge in [0.25, 0.3) is 0 Å².